The zero-order valence-corrected chi connectivity index (χ0v) is 14.1. The smallest absolute Gasteiger partial charge is 0.353 e. The molecule has 9 heteroatoms. The Morgan fingerprint density at radius 3 is 2.31 bits per heavy atom. The lowest BCUT2D eigenvalue weighted by molar-refractivity contribution is -0.137. The Morgan fingerprint density at radius 1 is 0.962 bits per heavy atom. The predicted molar refractivity (Wildman–Crippen MR) is 92.2 cm³/mol. The number of anilines is 2. The Morgan fingerprint density at radius 2 is 1.69 bits per heavy atom. The maximum atomic E-state index is 12.7. The van der Waals surface area contributed by atoms with Crippen LogP contribution in [0.5, 0.6) is 0 Å². The van der Waals surface area contributed by atoms with E-state index in [4.69, 9.17) is 0 Å². The Kier molecular flexibility index (Phi) is 3.93. The first kappa shape index (κ1) is 16.6. The van der Waals surface area contributed by atoms with Crippen molar-refractivity contribution in [1.29, 1.82) is 0 Å². The molecule has 3 aromatic heterocycles. The summed E-state index contributed by atoms with van der Waals surface area (Å²) in [5.41, 5.74) is 0.943. The first-order valence-corrected chi connectivity index (χ1v) is 8.24. The third-order valence-corrected chi connectivity index (χ3v) is 4.57. The van der Waals surface area contributed by atoms with Gasteiger partial charge in [-0.25, -0.2) is 15.0 Å². The van der Waals surface area contributed by atoms with Crippen LogP contribution in [0.3, 0.4) is 0 Å². The molecule has 1 fully saturated rings. The van der Waals surface area contributed by atoms with E-state index in [9.17, 15) is 13.2 Å². The molecule has 0 atom stereocenters. The number of rotatable bonds is 2. The topological polar surface area (TPSA) is 50.1 Å². The van der Waals surface area contributed by atoms with Gasteiger partial charge in [0.25, 0.3) is 0 Å². The highest BCUT2D eigenvalue weighted by Gasteiger charge is 2.31. The van der Waals surface area contributed by atoms with Crippen molar-refractivity contribution in [3.8, 4) is 0 Å². The fourth-order valence-electron chi connectivity index (χ4n) is 3.17. The molecule has 0 saturated carbocycles. The van der Waals surface area contributed by atoms with Gasteiger partial charge in [-0.15, -0.1) is 0 Å². The zero-order chi connectivity index (χ0) is 18.3. The lowest BCUT2D eigenvalue weighted by Crippen LogP contribution is -2.47. The molecule has 0 radical (unpaired) electrons. The van der Waals surface area contributed by atoms with Crippen LogP contribution in [0, 0.1) is 0 Å². The van der Waals surface area contributed by atoms with Crippen LogP contribution in [0.25, 0.3) is 11.2 Å². The standard InChI is InChI=1S/C17H17F3N6/c1-24-15-13(3-2-6-21-15)23-16(24)26-9-7-25(8-10-26)14-5-4-12(11-22-14)17(18,19)20/h2-6,11H,7-10H2,1H3. The van der Waals surface area contributed by atoms with E-state index in [1.54, 1.807) is 6.20 Å². The predicted octanol–water partition coefficient (Wildman–Crippen LogP) is 2.71. The van der Waals surface area contributed by atoms with Gasteiger partial charge in [0, 0.05) is 45.6 Å². The molecule has 26 heavy (non-hydrogen) atoms. The van der Waals surface area contributed by atoms with E-state index in [1.807, 2.05) is 28.6 Å². The van der Waals surface area contributed by atoms with Crippen molar-refractivity contribution in [2.75, 3.05) is 36.0 Å². The Bertz CT molecular complexity index is 910. The summed E-state index contributed by atoms with van der Waals surface area (Å²) in [6.45, 7) is 2.74. The third kappa shape index (κ3) is 2.93. The first-order valence-electron chi connectivity index (χ1n) is 8.24. The summed E-state index contributed by atoms with van der Waals surface area (Å²) in [6, 6.07) is 6.28. The van der Waals surface area contributed by atoms with Gasteiger partial charge in [0.15, 0.2) is 5.65 Å². The second-order valence-electron chi connectivity index (χ2n) is 6.19. The van der Waals surface area contributed by atoms with E-state index in [1.165, 1.54) is 6.07 Å². The van der Waals surface area contributed by atoms with Crippen molar-refractivity contribution in [3.05, 3.63) is 42.2 Å². The first-order chi connectivity index (χ1) is 12.4. The van der Waals surface area contributed by atoms with Crippen LogP contribution in [0.15, 0.2) is 36.7 Å². The second kappa shape index (κ2) is 6.15. The third-order valence-electron chi connectivity index (χ3n) is 4.57. The molecule has 6 nitrogen and oxygen atoms in total. The quantitative estimate of drug-likeness (QED) is 0.702. The fourth-order valence-corrected chi connectivity index (χ4v) is 3.17. The molecule has 0 amide bonds. The highest BCUT2D eigenvalue weighted by molar-refractivity contribution is 5.74. The minimum atomic E-state index is -4.36. The summed E-state index contributed by atoms with van der Waals surface area (Å²) in [6.07, 6.45) is -1.74. The Labute approximate surface area is 147 Å². The summed E-state index contributed by atoms with van der Waals surface area (Å²) in [5.74, 6) is 1.41. The highest BCUT2D eigenvalue weighted by atomic mass is 19.4. The van der Waals surface area contributed by atoms with Gasteiger partial charge in [-0.2, -0.15) is 13.2 Å². The molecule has 136 valence electrons. The van der Waals surface area contributed by atoms with Crippen LogP contribution >= 0.6 is 0 Å². The molecule has 4 rings (SSSR count). The van der Waals surface area contributed by atoms with Gasteiger partial charge in [-0.05, 0) is 24.3 Å². The van der Waals surface area contributed by atoms with Crippen molar-refractivity contribution < 1.29 is 13.2 Å². The molecule has 0 aliphatic carbocycles. The molecule has 3 aromatic rings. The molecule has 4 heterocycles. The number of hydrogen-bond donors (Lipinski definition) is 0. The summed E-state index contributed by atoms with van der Waals surface area (Å²) in [7, 11) is 1.93. The van der Waals surface area contributed by atoms with Gasteiger partial charge in [-0.1, -0.05) is 0 Å². The van der Waals surface area contributed by atoms with E-state index in [2.05, 4.69) is 19.9 Å². The van der Waals surface area contributed by atoms with Crippen LogP contribution in [-0.2, 0) is 13.2 Å². The molecule has 1 aliphatic heterocycles. The van der Waals surface area contributed by atoms with Gasteiger partial charge in [0.05, 0.1) is 5.56 Å². The van der Waals surface area contributed by atoms with Crippen LogP contribution in [0.1, 0.15) is 5.56 Å². The van der Waals surface area contributed by atoms with E-state index in [0.29, 0.717) is 32.0 Å². The molecule has 1 aliphatic rings. The molecular weight excluding hydrogens is 345 g/mol. The van der Waals surface area contributed by atoms with Gasteiger partial charge in [0.1, 0.15) is 11.3 Å². The van der Waals surface area contributed by atoms with Crippen LogP contribution in [0.2, 0.25) is 0 Å². The number of pyridine rings is 2. The van der Waals surface area contributed by atoms with Gasteiger partial charge in [-0.3, -0.25) is 4.57 Å². The molecule has 0 spiro atoms. The summed E-state index contributed by atoms with van der Waals surface area (Å²) >= 11 is 0. The molecule has 0 aromatic carbocycles. The number of alkyl halides is 3. The number of halogens is 3. The molecule has 0 unspecified atom stereocenters. The van der Waals surface area contributed by atoms with Gasteiger partial charge < -0.3 is 9.80 Å². The Balaban J connectivity index is 1.47. The second-order valence-corrected chi connectivity index (χ2v) is 6.19. The van der Waals surface area contributed by atoms with Crippen LogP contribution in [0.4, 0.5) is 24.9 Å². The maximum absolute atomic E-state index is 12.7. The number of nitrogens with zero attached hydrogens (tertiary/aromatic N) is 6. The summed E-state index contributed by atoms with van der Waals surface area (Å²) in [4.78, 5) is 17.1. The highest BCUT2D eigenvalue weighted by Crippen LogP contribution is 2.29. The number of aromatic nitrogens is 4. The minimum absolute atomic E-state index is 0.560. The average Bonchev–Trinajstić information content (AvgIpc) is 2.98. The summed E-state index contributed by atoms with van der Waals surface area (Å²) in [5, 5.41) is 0. The lowest BCUT2D eigenvalue weighted by Gasteiger charge is -2.35. The zero-order valence-electron chi connectivity index (χ0n) is 14.1. The van der Waals surface area contributed by atoms with E-state index < -0.39 is 11.7 Å². The van der Waals surface area contributed by atoms with Crippen molar-refractivity contribution in [1.82, 2.24) is 19.5 Å². The largest absolute Gasteiger partial charge is 0.417 e. The van der Waals surface area contributed by atoms with Crippen molar-refractivity contribution in [3.63, 3.8) is 0 Å². The normalized spacial score (nSPS) is 15.7. The number of imidazole rings is 1. The van der Waals surface area contributed by atoms with Crippen LogP contribution < -0.4 is 9.80 Å². The molecule has 0 N–H and O–H groups in total. The number of fused-ring (bicyclic) bond motifs is 1. The van der Waals surface area contributed by atoms with Gasteiger partial charge >= 0.3 is 6.18 Å². The number of hydrogen-bond acceptors (Lipinski definition) is 5. The van der Waals surface area contributed by atoms with E-state index >= 15 is 0 Å². The maximum Gasteiger partial charge on any atom is 0.417 e. The number of aryl methyl sites for hydroxylation is 1. The van der Waals surface area contributed by atoms with Gasteiger partial charge in [0.2, 0.25) is 5.95 Å². The molecule has 0 bridgehead atoms. The fraction of sp³-hybridized carbons (Fsp3) is 0.353. The summed E-state index contributed by atoms with van der Waals surface area (Å²) < 4.78 is 39.9. The Hall–Kier alpha value is -2.84. The van der Waals surface area contributed by atoms with E-state index in [0.717, 1.165) is 29.4 Å². The van der Waals surface area contributed by atoms with Crippen molar-refractivity contribution in [2.45, 2.75) is 6.18 Å². The monoisotopic (exact) mass is 362 g/mol. The number of piperazine rings is 1. The average molecular weight is 362 g/mol. The lowest BCUT2D eigenvalue weighted by atomic mass is 10.2. The SMILES string of the molecule is Cn1c(N2CCN(c3ccc(C(F)(F)F)cn3)CC2)nc2cccnc21. The van der Waals surface area contributed by atoms with Crippen molar-refractivity contribution in [2.24, 2.45) is 7.05 Å². The molecule has 1 saturated heterocycles. The van der Waals surface area contributed by atoms with E-state index in [-0.39, 0.29) is 0 Å². The van der Waals surface area contributed by atoms with Crippen molar-refractivity contribution >= 4 is 22.9 Å². The van der Waals surface area contributed by atoms with Crippen LogP contribution in [-0.4, -0.2) is 45.7 Å². The molecular formula is C17H17F3N6. The minimum Gasteiger partial charge on any atom is -0.353 e.